The first-order chi connectivity index (χ1) is 11.0. The molecule has 124 valence electrons. The Hall–Kier alpha value is -1.88. The average Bonchev–Trinajstić information content (AvgIpc) is 3.13. The zero-order valence-corrected chi connectivity index (χ0v) is 13.8. The molecular formula is C18H25N3O2. The first kappa shape index (κ1) is 16.0. The Morgan fingerprint density at radius 1 is 1.39 bits per heavy atom. The van der Waals surface area contributed by atoms with E-state index in [0.717, 1.165) is 42.8 Å². The Bertz CT molecular complexity index is 687. The Morgan fingerprint density at radius 3 is 2.87 bits per heavy atom. The van der Waals surface area contributed by atoms with Crippen molar-refractivity contribution >= 4 is 17.0 Å². The van der Waals surface area contributed by atoms with E-state index < -0.39 is 5.97 Å². The SMILES string of the molecule is CC(C)Cc1cccc2[nH]c(C[C@H](C(=O)O)[C@H]3CCNC3)nc12. The summed E-state index contributed by atoms with van der Waals surface area (Å²) in [6.07, 6.45) is 2.38. The number of nitrogens with one attached hydrogen (secondary N) is 2. The topological polar surface area (TPSA) is 78.0 Å². The lowest BCUT2D eigenvalue weighted by Crippen LogP contribution is -2.27. The number of hydrogen-bond acceptors (Lipinski definition) is 3. The third-order valence-electron chi connectivity index (χ3n) is 4.67. The van der Waals surface area contributed by atoms with Gasteiger partial charge in [0.2, 0.25) is 0 Å². The summed E-state index contributed by atoms with van der Waals surface area (Å²) in [6.45, 7) is 6.09. The quantitative estimate of drug-likeness (QED) is 0.766. The van der Waals surface area contributed by atoms with Crippen LogP contribution in [0.4, 0.5) is 0 Å². The molecule has 2 aromatic rings. The molecule has 0 saturated carbocycles. The fourth-order valence-electron chi connectivity index (χ4n) is 3.53. The van der Waals surface area contributed by atoms with E-state index in [1.807, 2.05) is 12.1 Å². The van der Waals surface area contributed by atoms with E-state index in [9.17, 15) is 9.90 Å². The van der Waals surface area contributed by atoms with Gasteiger partial charge in [-0.15, -0.1) is 0 Å². The molecule has 2 atom stereocenters. The summed E-state index contributed by atoms with van der Waals surface area (Å²) in [5, 5.41) is 12.8. The number of carboxylic acid groups (broad SMARTS) is 1. The molecule has 0 unspecified atom stereocenters. The van der Waals surface area contributed by atoms with Gasteiger partial charge >= 0.3 is 5.97 Å². The Balaban J connectivity index is 1.86. The van der Waals surface area contributed by atoms with E-state index in [4.69, 9.17) is 4.98 Å². The molecule has 1 fully saturated rings. The van der Waals surface area contributed by atoms with Gasteiger partial charge in [0.1, 0.15) is 5.82 Å². The van der Waals surface area contributed by atoms with E-state index >= 15 is 0 Å². The number of benzene rings is 1. The van der Waals surface area contributed by atoms with Crippen LogP contribution in [0.3, 0.4) is 0 Å². The van der Waals surface area contributed by atoms with E-state index in [0.29, 0.717) is 12.3 Å². The third-order valence-corrected chi connectivity index (χ3v) is 4.67. The van der Waals surface area contributed by atoms with Crippen molar-refractivity contribution in [3.8, 4) is 0 Å². The van der Waals surface area contributed by atoms with Crippen LogP contribution in [0.25, 0.3) is 11.0 Å². The van der Waals surface area contributed by atoms with Crippen molar-refractivity contribution in [2.24, 2.45) is 17.8 Å². The molecule has 23 heavy (non-hydrogen) atoms. The minimum Gasteiger partial charge on any atom is -0.481 e. The lowest BCUT2D eigenvalue weighted by Gasteiger charge is -2.17. The lowest BCUT2D eigenvalue weighted by atomic mass is 9.88. The van der Waals surface area contributed by atoms with Crippen LogP contribution in [0.2, 0.25) is 0 Å². The van der Waals surface area contributed by atoms with E-state index in [1.165, 1.54) is 5.56 Å². The van der Waals surface area contributed by atoms with Gasteiger partial charge in [-0.2, -0.15) is 0 Å². The molecule has 5 heteroatoms. The highest BCUT2D eigenvalue weighted by Crippen LogP contribution is 2.25. The number of imidazole rings is 1. The van der Waals surface area contributed by atoms with Crippen molar-refractivity contribution in [2.45, 2.75) is 33.1 Å². The molecule has 1 aromatic heterocycles. The zero-order chi connectivity index (χ0) is 16.4. The number of carbonyl (C=O) groups is 1. The van der Waals surface area contributed by atoms with Gasteiger partial charge in [-0.1, -0.05) is 26.0 Å². The minimum absolute atomic E-state index is 0.191. The molecule has 0 aliphatic carbocycles. The number of aliphatic carboxylic acids is 1. The van der Waals surface area contributed by atoms with Crippen LogP contribution < -0.4 is 5.32 Å². The number of nitrogens with zero attached hydrogens (tertiary/aromatic N) is 1. The van der Waals surface area contributed by atoms with Gasteiger partial charge < -0.3 is 15.4 Å². The van der Waals surface area contributed by atoms with E-state index in [-0.39, 0.29) is 11.8 Å². The standard InChI is InChI=1S/C18H25N3O2/c1-11(2)8-12-4-3-5-15-17(12)21-16(20-15)9-14(18(22)23)13-6-7-19-10-13/h3-5,11,13-14,19H,6-10H2,1-2H3,(H,20,21)(H,22,23)/t13-,14-/m0/s1. The number of aromatic nitrogens is 2. The molecule has 1 aliphatic rings. The van der Waals surface area contributed by atoms with Crippen LogP contribution in [0.15, 0.2) is 18.2 Å². The smallest absolute Gasteiger partial charge is 0.307 e. The van der Waals surface area contributed by atoms with Crippen LogP contribution in [0.1, 0.15) is 31.7 Å². The summed E-state index contributed by atoms with van der Waals surface area (Å²) in [5.74, 6) is 0.448. The Kier molecular flexibility index (Phi) is 4.66. The molecule has 0 radical (unpaired) electrons. The monoisotopic (exact) mass is 315 g/mol. The van der Waals surface area contributed by atoms with Gasteiger partial charge in [0.15, 0.2) is 0 Å². The number of H-pyrrole nitrogens is 1. The minimum atomic E-state index is -0.721. The summed E-state index contributed by atoms with van der Waals surface area (Å²) < 4.78 is 0. The van der Waals surface area contributed by atoms with Crippen LogP contribution >= 0.6 is 0 Å². The largest absolute Gasteiger partial charge is 0.481 e. The van der Waals surface area contributed by atoms with Crippen molar-refractivity contribution in [3.05, 3.63) is 29.6 Å². The predicted molar refractivity (Wildman–Crippen MR) is 90.4 cm³/mol. The van der Waals surface area contributed by atoms with Gasteiger partial charge in [0.25, 0.3) is 0 Å². The molecule has 0 bridgehead atoms. The number of para-hydroxylation sites is 1. The molecule has 3 rings (SSSR count). The van der Waals surface area contributed by atoms with Gasteiger partial charge in [0, 0.05) is 6.42 Å². The van der Waals surface area contributed by atoms with Crippen molar-refractivity contribution in [1.82, 2.24) is 15.3 Å². The summed E-state index contributed by atoms with van der Waals surface area (Å²) in [7, 11) is 0. The number of hydrogen-bond donors (Lipinski definition) is 3. The number of fused-ring (bicyclic) bond motifs is 1. The molecule has 1 aromatic carbocycles. The molecule has 3 N–H and O–H groups in total. The predicted octanol–water partition coefficient (Wildman–Crippen LogP) is 2.61. The van der Waals surface area contributed by atoms with Crippen molar-refractivity contribution in [2.75, 3.05) is 13.1 Å². The Morgan fingerprint density at radius 2 is 2.22 bits per heavy atom. The zero-order valence-electron chi connectivity index (χ0n) is 13.8. The normalized spacial score (nSPS) is 19.5. The molecule has 1 aliphatic heterocycles. The van der Waals surface area contributed by atoms with Crippen LogP contribution in [0, 0.1) is 17.8 Å². The highest BCUT2D eigenvalue weighted by atomic mass is 16.4. The number of aromatic amines is 1. The summed E-state index contributed by atoms with van der Waals surface area (Å²) in [4.78, 5) is 19.7. The summed E-state index contributed by atoms with van der Waals surface area (Å²) in [6, 6.07) is 6.17. The molecule has 0 spiro atoms. The number of rotatable bonds is 6. The first-order valence-corrected chi connectivity index (χ1v) is 8.44. The maximum atomic E-state index is 11.6. The maximum absolute atomic E-state index is 11.6. The fourth-order valence-corrected chi connectivity index (χ4v) is 3.53. The third kappa shape index (κ3) is 3.55. The van der Waals surface area contributed by atoms with E-state index in [2.05, 4.69) is 30.2 Å². The molecule has 0 amide bonds. The van der Waals surface area contributed by atoms with Gasteiger partial charge in [-0.05, 0) is 49.4 Å². The maximum Gasteiger partial charge on any atom is 0.307 e. The molecule has 5 nitrogen and oxygen atoms in total. The molecule has 2 heterocycles. The Labute approximate surface area is 136 Å². The van der Waals surface area contributed by atoms with Crippen molar-refractivity contribution < 1.29 is 9.90 Å². The van der Waals surface area contributed by atoms with E-state index in [1.54, 1.807) is 0 Å². The summed E-state index contributed by atoms with van der Waals surface area (Å²) in [5.41, 5.74) is 3.23. The second-order valence-corrected chi connectivity index (χ2v) is 7.00. The van der Waals surface area contributed by atoms with Crippen molar-refractivity contribution in [1.29, 1.82) is 0 Å². The second kappa shape index (κ2) is 6.71. The highest BCUT2D eigenvalue weighted by Gasteiger charge is 2.31. The average molecular weight is 315 g/mol. The highest BCUT2D eigenvalue weighted by molar-refractivity contribution is 5.79. The molecular weight excluding hydrogens is 290 g/mol. The second-order valence-electron chi connectivity index (χ2n) is 7.00. The fraction of sp³-hybridized carbons (Fsp3) is 0.556. The summed E-state index contributed by atoms with van der Waals surface area (Å²) >= 11 is 0. The lowest BCUT2D eigenvalue weighted by molar-refractivity contribution is -0.143. The van der Waals surface area contributed by atoms with Crippen molar-refractivity contribution in [3.63, 3.8) is 0 Å². The van der Waals surface area contributed by atoms with Gasteiger partial charge in [0.05, 0.1) is 17.0 Å². The first-order valence-electron chi connectivity index (χ1n) is 8.44. The van der Waals surface area contributed by atoms with Gasteiger partial charge in [-0.25, -0.2) is 4.98 Å². The van der Waals surface area contributed by atoms with Crippen LogP contribution in [-0.2, 0) is 17.6 Å². The van der Waals surface area contributed by atoms with Crippen LogP contribution in [0.5, 0.6) is 0 Å². The van der Waals surface area contributed by atoms with Gasteiger partial charge in [-0.3, -0.25) is 4.79 Å². The number of carboxylic acids is 1. The van der Waals surface area contributed by atoms with Crippen LogP contribution in [-0.4, -0.2) is 34.1 Å². The molecule has 1 saturated heterocycles.